The van der Waals surface area contributed by atoms with Crippen LogP contribution in [0.3, 0.4) is 0 Å². The molecule has 6 heteroatoms. The summed E-state index contributed by atoms with van der Waals surface area (Å²) in [6, 6.07) is 19.5. The van der Waals surface area contributed by atoms with Crippen molar-refractivity contribution < 1.29 is 4.79 Å². The van der Waals surface area contributed by atoms with E-state index in [1.54, 1.807) is 16.2 Å². The lowest BCUT2D eigenvalue weighted by Crippen LogP contribution is -2.33. The van der Waals surface area contributed by atoms with Gasteiger partial charge in [0, 0.05) is 12.2 Å². The van der Waals surface area contributed by atoms with Crippen molar-refractivity contribution in [1.82, 2.24) is 4.98 Å². The molecule has 3 rings (SSSR count). The maximum Gasteiger partial charge on any atom is 0.237 e. The number of nitriles is 1. The van der Waals surface area contributed by atoms with Crippen LogP contribution in [0.4, 0.5) is 5.69 Å². The van der Waals surface area contributed by atoms with E-state index < -0.39 is 0 Å². The van der Waals surface area contributed by atoms with E-state index in [-0.39, 0.29) is 5.91 Å². The lowest BCUT2D eigenvalue weighted by Gasteiger charge is -2.21. The molecule has 0 atom stereocenters. The highest BCUT2D eigenvalue weighted by Gasteiger charge is 2.16. The van der Waals surface area contributed by atoms with Crippen molar-refractivity contribution in [2.45, 2.75) is 10.8 Å². The van der Waals surface area contributed by atoms with Crippen LogP contribution in [-0.2, 0) is 4.79 Å². The van der Waals surface area contributed by atoms with Crippen molar-refractivity contribution in [3.05, 3.63) is 54.6 Å². The predicted octanol–water partition coefficient (Wildman–Crippen LogP) is 4.34. The Labute approximate surface area is 148 Å². The van der Waals surface area contributed by atoms with Crippen LogP contribution in [0.1, 0.15) is 6.42 Å². The number of hydrogen-bond donors (Lipinski definition) is 0. The van der Waals surface area contributed by atoms with Crippen molar-refractivity contribution in [1.29, 1.82) is 5.26 Å². The lowest BCUT2D eigenvalue weighted by molar-refractivity contribution is -0.116. The highest BCUT2D eigenvalue weighted by Crippen LogP contribution is 2.29. The first-order valence-corrected chi connectivity index (χ1v) is 9.29. The topological polar surface area (TPSA) is 57.0 Å². The first-order chi connectivity index (χ1) is 11.8. The Balaban J connectivity index is 1.70. The second-order valence-corrected chi connectivity index (χ2v) is 7.28. The third-order valence-electron chi connectivity index (χ3n) is 3.41. The molecule has 0 N–H and O–H groups in total. The number of nitrogens with zero attached hydrogens (tertiary/aromatic N) is 3. The van der Waals surface area contributed by atoms with Gasteiger partial charge >= 0.3 is 0 Å². The molecule has 1 aromatic heterocycles. The maximum absolute atomic E-state index is 12.6. The van der Waals surface area contributed by atoms with Gasteiger partial charge in [0.2, 0.25) is 5.91 Å². The van der Waals surface area contributed by atoms with Crippen molar-refractivity contribution in [2.24, 2.45) is 0 Å². The molecule has 0 aliphatic carbocycles. The summed E-state index contributed by atoms with van der Waals surface area (Å²) in [4.78, 5) is 18.8. The zero-order valence-electron chi connectivity index (χ0n) is 12.9. The molecular weight excluding hydrogens is 338 g/mol. The molecule has 1 amide bonds. The number of carbonyl (C=O) groups excluding carboxylic acids is 1. The molecule has 2 aromatic carbocycles. The van der Waals surface area contributed by atoms with Crippen LogP contribution in [0.2, 0.25) is 0 Å². The van der Waals surface area contributed by atoms with Gasteiger partial charge < -0.3 is 4.90 Å². The molecule has 0 fully saturated rings. The molecule has 120 valence electrons. The summed E-state index contributed by atoms with van der Waals surface area (Å²) < 4.78 is 2.01. The number of amides is 1. The monoisotopic (exact) mass is 353 g/mol. The lowest BCUT2D eigenvalue weighted by atomic mass is 10.2. The molecule has 24 heavy (non-hydrogen) atoms. The largest absolute Gasteiger partial charge is 0.311 e. The standard InChI is InChI=1S/C18H15N3OS2/c19-11-6-12-21(14-7-2-1-3-8-14)17(22)13-23-18-20-15-9-4-5-10-16(15)24-18/h1-5,7-10H,6,12-13H2. The van der Waals surface area contributed by atoms with E-state index in [2.05, 4.69) is 11.1 Å². The average molecular weight is 353 g/mol. The number of rotatable bonds is 6. The number of benzene rings is 2. The Morgan fingerprint density at radius 1 is 1.17 bits per heavy atom. The molecule has 0 bridgehead atoms. The quantitative estimate of drug-likeness (QED) is 0.619. The summed E-state index contributed by atoms with van der Waals surface area (Å²) in [6.45, 7) is 0.403. The number of carbonyl (C=O) groups is 1. The normalized spacial score (nSPS) is 10.5. The second kappa shape index (κ2) is 7.95. The molecule has 0 spiro atoms. The van der Waals surface area contributed by atoms with Crippen LogP contribution < -0.4 is 4.90 Å². The molecule has 0 radical (unpaired) electrons. The Bertz CT molecular complexity index is 838. The average Bonchev–Trinajstić information content (AvgIpc) is 3.04. The molecule has 4 nitrogen and oxygen atoms in total. The van der Waals surface area contributed by atoms with E-state index in [0.29, 0.717) is 18.7 Å². The van der Waals surface area contributed by atoms with Crippen molar-refractivity contribution >= 4 is 44.9 Å². The summed E-state index contributed by atoms with van der Waals surface area (Å²) >= 11 is 3.04. The van der Waals surface area contributed by atoms with Crippen LogP contribution in [0.5, 0.6) is 0 Å². The van der Waals surface area contributed by atoms with Gasteiger partial charge in [-0.2, -0.15) is 5.26 Å². The number of thiazole rings is 1. The van der Waals surface area contributed by atoms with Crippen LogP contribution in [-0.4, -0.2) is 23.2 Å². The molecule has 0 unspecified atom stereocenters. The number of para-hydroxylation sites is 2. The zero-order chi connectivity index (χ0) is 16.8. The van der Waals surface area contributed by atoms with E-state index in [1.807, 2.05) is 54.6 Å². The van der Waals surface area contributed by atoms with Gasteiger partial charge in [0.15, 0.2) is 4.34 Å². The minimum Gasteiger partial charge on any atom is -0.311 e. The Morgan fingerprint density at radius 3 is 2.67 bits per heavy atom. The number of fused-ring (bicyclic) bond motifs is 1. The maximum atomic E-state index is 12.6. The van der Waals surface area contributed by atoms with Crippen LogP contribution >= 0.6 is 23.1 Å². The summed E-state index contributed by atoms with van der Waals surface area (Å²) in [7, 11) is 0. The van der Waals surface area contributed by atoms with E-state index in [0.717, 1.165) is 20.2 Å². The number of hydrogen-bond acceptors (Lipinski definition) is 5. The third kappa shape index (κ3) is 3.94. The van der Waals surface area contributed by atoms with Crippen LogP contribution in [0.15, 0.2) is 58.9 Å². The fourth-order valence-corrected chi connectivity index (χ4v) is 4.23. The van der Waals surface area contributed by atoms with Crippen molar-refractivity contribution in [2.75, 3.05) is 17.2 Å². The van der Waals surface area contributed by atoms with Crippen LogP contribution in [0, 0.1) is 11.3 Å². The molecule has 0 aliphatic heterocycles. The molecule has 3 aromatic rings. The number of aromatic nitrogens is 1. The van der Waals surface area contributed by atoms with Crippen LogP contribution in [0.25, 0.3) is 10.2 Å². The summed E-state index contributed by atoms with van der Waals surface area (Å²) in [6.07, 6.45) is 0.312. The highest BCUT2D eigenvalue weighted by atomic mass is 32.2. The van der Waals surface area contributed by atoms with Gasteiger partial charge in [-0.1, -0.05) is 42.1 Å². The van der Waals surface area contributed by atoms with Crippen molar-refractivity contribution in [3.8, 4) is 6.07 Å². The zero-order valence-corrected chi connectivity index (χ0v) is 14.5. The van der Waals surface area contributed by atoms with E-state index in [1.165, 1.54) is 11.8 Å². The number of anilines is 1. The molecular formula is C18H15N3OS2. The third-order valence-corrected chi connectivity index (χ3v) is 5.57. The van der Waals surface area contributed by atoms with Gasteiger partial charge in [-0.05, 0) is 24.3 Å². The Kier molecular flexibility index (Phi) is 5.47. The van der Waals surface area contributed by atoms with Gasteiger partial charge in [-0.3, -0.25) is 4.79 Å². The fraction of sp³-hybridized carbons (Fsp3) is 0.167. The fourth-order valence-electron chi connectivity index (χ4n) is 2.28. The smallest absolute Gasteiger partial charge is 0.237 e. The van der Waals surface area contributed by atoms with Gasteiger partial charge in [-0.25, -0.2) is 4.98 Å². The molecule has 0 saturated heterocycles. The van der Waals surface area contributed by atoms with Gasteiger partial charge in [0.05, 0.1) is 28.5 Å². The molecule has 1 heterocycles. The predicted molar refractivity (Wildman–Crippen MR) is 99.4 cm³/mol. The molecule has 0 saturated carbocycles. The minimum absolute atomic E-state index is 0.0132. The first kappa shape index (κ1) is 16.5. The number of thioether (sulfide) groups is 1. The Morgan fingerprint density at radius 2 is 1.92 bits per heavy atom. The van der Waals surface area contributed by atoms with Gasteiger partial charge in [0.1, 0.15) is 0 Å². The Hall–Kier alpha value is -2.36. The summed E-state index contributed by atoms with van der Waals surface area (Å²) in [5.74, 6) is 0.292. The molecule has 0 aliphatic rings. The first-order valence-electron chi connectivity index (χ1n) is 7.48. The SMILES string of the molecule is N#CCCN(C(=O)CSc1nc2ccccc2s1)c1ccccc1. The second-order valence-electron chi connectivity index (χ2n) is 5.03. The summed E-state index contributed by atoms with van der Waals surface area (Å²) in [5, 5.41) is 8.83. The van der Waals surface area contributed by atoms with Gasteiger partial charge in [0.25, 0.3) is 0 Å². The van der Waals surface area contributed by atoms with Crippen molar-refractivity contribution in [3.63, 3.8) is 0 Å². The van der Waals surface area contributed by atoms with E-state index in [9.17, 15) is 4.79 Å². The summed E-state index contributed by atoms with van der Waals surface area (Å²) in [5.41, 5.74) is 1.78. The van der Waals surface area contributed by atoms with E-state index >= 15 is 0 Å². The van der Waals surface area contributed by atoms with Gasteiger partial charge in [-0.15, -0.1) is 11.3 Å². The minimum atomic E-state index is -0.0132. The van der Waals surface area contributed by atoms with E-state index in [4.69, 9.17) is 5.26 Å². The highest BCUT2D eigenvalue weighted by molar-refractivity contribution is 8.01.